The minimum Gasteiger partial charge on any atom is -0.540 e. The van der Waals surface area contributed by atoms with Gasteiger partial charge in [-0.2, -0.15) is 0 Å². The van der Waals surface area contributed by atoms with Gasteiger partial charge in [0.05, 0.1) is 0 Å². The summed E-state index contributed by atoms with van der Waals surface area (Å²) in [5, 5.41) is 0. The van der Waals surface area contributed by atoms with Crippen molar-refractivity contribution >= 4 is 15.8 Å². The predicted molar refractivity (Wildman–Crippen MR) is 71.0 cm³/mol. The smallest absolute Gasteiger partial charge is 0.540 e. The Morgan fingerprint density at radius 1 is 0.889 bits per heavy atom. The Hall–Kier alpha value is -0.803. The van der Waals surface area contributed by atoms with Crippen molar-refractivity contribution in [2.45, 2.75) is 5.54 Å². The monoisotopic (exact) mass is 259 g/mol. The molecule has 2 aromatic rings. The van der Waals surface area contributed by atoms with E-state index in [4.69, 9.17) is 4.43 Å². The fraction of sp³-hybridized carbons (Fsp3) is 0.0667. The van der Waals surface area contributed by atoms with Gasteiger partial charge in [0.2, 0.25) is 0 Å². The first-order chi connectivity index (χ1) is 8.43. The minimum atomic E-state index is 0. The first kappa shape index (κ1) is 13.6. The number of rotatable bonds is 3. The summed E-state index contributed by atoms with van der Waals surface area (Å²) in [7, 11) is 0.444. The molecule has 18 heavy (non-hydrogen) atoms. The van der Waals surface area contributed by atoms with Crippen LogP contribution in [0.15, 0.2) is 60.7 Å². The summed E-state index contributed by atoms with van der Waals surface area (Å²) in [5.74, 6) is 0.948. The maximum atomic E-state index is 5.82. The molecular formula is C15H12NaOSi+. The molecule has 1 aliphatic rings. The second-order valence-corrected chi connectivity index (χ2v) is 5.06. The van der Waals surface area contributed by atoms with Gasteiger partial charge in [0.15, 0.2) is 0 Å². The van der Waals surface area contributed by atoms with E-state index in [1.54, 1.807) is 0 Å². The summed E-state index contributed by atoms with van der Waals surface area (Å²) < 4.78 is 5.82. The number of hydrogen-bond acceptors (Lipinski definition) is 1. The van der Waals surface area contributed by atoms with Gasteiger partial charge in [0.1, 0.15) is 5.75 Å². The molecule has 2 radical (unpaired) electrons. The maximum absolute atomic E-state index is 5.82. The zero-order valence-corrected chi connectivity index (χ0v) is 13.3. The number of hydrogen-bond donors (Lipinski definition) is 0. The predicted octanol–water partition coefficient (Wildman–Crippen LogP) is 0.457. The van der Waals surface area contributed by atoms with E-state index in [2.05, 4.69) is 36.4 Å². The minimum absolute atomic E-state index is 0. The molecule has 0 amide bonds. The SMILES string of the molecule is C1=CC([Si]Oc2ccccc2)c2ccccc21.[Na+]. The number of para-hydroxylation sites is 1. The first-order valence-corrected chi connectivity index (χ1v) is 6.66. The number of benzene rings is 2. The third kappa shape index (κ3) is 2.95. The summed E-state index contributed by atoms with van der Waals surface area (Å²) in [6, 6.07) is 18.5. The summed E-state index contributed by atoms with van der Waals surface area (Å²) in [6.07, 6.45) is 4.41. The molecule has 0 fully saturated rings. The maximum Gasteiger partial charge on any atom is 1.00 e. The van der Waals surface area contributed by atoms with Crippen LogP contribution in [0.25, 0.3) is 6.08 Å². The van der Waals surface area contributed by atoms with Crippen molar-refractivity contribution in [1.29, 1.82) is 0 Å². The molecule has 1 nitrogen and oxygen atoms in total. The molecule has 0 aliphatic heterocycles. The molecule has 0 N–H and O–H groups in total. The fourth-order valence-corrected chi connectivity index (χ4v) is 2.94. The van der Waals surface area contributed by atoms with Gasteiger partial charge in [-0.05, 0) is 23.3 Å². The van der Waals surface area contributed by atoms with Crippen molar-refractivity contribution in [2.75, 3.05) is 0 Å². The first-order valence-electron chi connectivity index (χ1n) is 5.68. The van der Waals surface area contributed by atoms with Gasteiger partial charge in [-0.25, -0.2) is 0 Å². The van der Waals surface area contributed by atoms with E-state index in [0.717, 1.165) is 5.75 Å². The molecule has 0 heterocycles. The van der Waals surface area contributed by atoms with E-state index in [1.165, 1.54) is 11.1 Å². The summed E-state index contributed by atoms with van der Waals surface area (Å²) in [5.41, 5.74) is 3.11. The van der Waals surface area contributed by atoms with E-state index in [1.807, 2.05) is 30.3 Å². The Morgan fingerprint density at radius 3 is 2.44 bits per heavy atom. The van der Waals surface area contributed by atoms with Gasteiger partial charge in [-0.15, -0.1) is 0 Å². The van der Waals surface area contributed by atoms with Crippen LogP contribution in [0.4, 0.5) is 0 Å². The number of fused-ring (bicyclic) bond motifs is 1. The third-order valence-corrected chi connectivity index (χ3v) is 3.96. The Morgan fingerprint density at radius 2 is 1.61 bits per heavy atom. The fourth-order valence-electron chi connectivity index (χ4n) is 1.97. The van der Waals surface area contributed by atoms with E-state index < -0.39 is 0 Å². The van der Waals surface area contributed by atoms with Gasteiger partial charge < -0.3 is 4.43 Å². The quantitative estimate of drug-likeness (QED) is 0.728. The average Bonchev–Trinajstić information content (AvgIpc) is 2.81. The van der Waals surface area contributed by atoms with Crippen molar-refractivity contribution in [1.82, 2.24) is 0 Å². The normalized spacial score (nSPS) is 15.9. The zero-order valence-electron chi connectivity index (χ0n) is 10.3. The van der Waals surface area contributed by atoms with Gasteiger partial charge in [0, 0.05) is 5.54 Å². The molecule has 0 aromatic heterocycles. The Labute approximate surface area is 132 Å². The zero-order chi connectivity index (χ0) is 11.5. The summed E-state index contributed by atoms with van der Waals surface area (Å²) in [4.78, 5) is 0. The topological polar surface area (TPSA) is 9.23 Å². The van der Waals surface area contributed by atoms with Crippen molar-refractivity contribution in [3.8, 4) is 5.75 Å². The van der Waals surface area contributed by atoms with Crippen LogP contribution in [-0.2, 0) is 0 Å². The van der Waals surface area contributed by atoms with Gasteiger partial charge in [-0.1, -0.05) is 54.6 Å². The molecule has 82 valence electrons. The molecular weight excluding hydrogens is 247 g/mol. The molecule has 0 saturated carbocycles. The van der Waals surface area contributed by atoms with Gasteiger partial charge >= 0.3 is 39.3 Å². The standard InChI is InChI=1S/C15H12OSi.Na/c1-2-7-13(8-3-1)16-17-15-11-10-12-6-4-5-9-14(12)15;/h1-11,15H;/q;+1. The third-order valence-electron chi connectivity index (χ3n) is 2.85. The Bertz CT molecular complexity index is 539. The molecule has 1 aliphatic carbocycles. The summed E-state index contributed by atoms with van der Waals surface area (Å²) >= 11 is 0. The second-order valence-electron chi connectivity index (χ2n) is 4.00. The average molecular weight is 259 g/mol. The van der Waals surface area contributed by atoms with Crippen molar-refractivity contribution in [2.24, 2.45) is 0 Å². The molecule has 2 aromatic carbocycles. The molecule has 3 heteroatoms. The van der Waals surface area contributed by atoms with Gasteiger partial charge in [-0.3, -0.25) is 0 Å². The Kier molecular flexibility index (Phi) is 4.84. The van der Waals surface area contributed by atoms with Crippen LogP contribution in [0.5, 0.6) is 5.75 Å². The van der Waals surface area contributed by atoms with E-state index in [9.17, 15) is 0 Å². The molecule has 1 atom stereocenters. The molecule has 0 spiro atoms. The van der Waals surface area contributed by atoms with Crippen LogP contribution in [0, 0.1) is 0 Å². The van der Waals surface area contributed by atoms with Crippen molar-refractivity contribution < 1.29 is 34.0 Å². The van der Waals surface area contributed by atoms with Crippen molar-refractivity contribution in [3.63, 3.8) is 0 Å². The molecule has 0 saturated heterocycles. The van der Waals surface area contributed by atoms with Crippen molar-refractivity contribution in [3.05, 3.63) is 71.8 Å². The molecule has 1 unspecified atom stereocenters. The van der Waals surface area contributed by atoms with Crippen LogP contribution in [0.2, 0.25) is 0 Å². The van der Waals surface area contributed by atoms with E-state index >= 15 is 0 Å². The van der Waals surface area contributed by atoms with Crippen LogP contribution < -0.4 is 34.0 Å². The van der Waals surface area contributed by atoms with Crippen LogP contribution in [0.1, 0.15) is 16.7 Å². The largest absolute Gasteiger partial charge is 1.00 e. The van der Waals surface area contributed by atoms with E-state index in [0.29, 0.717) is 15.3 Å². The van der Waals surface area contributed by atoms with E-state index in [-0.39, 0.29) is 29.6 Å². The number of allylic oxidation sites excluding steroid dienone is 1. The molecule has 0 bridgehead atoms. The van der Waals surface area contributed by atoms with Crippen LogP contribution in [-0.4, -0.2) is 9.76 Å². The van der Waals surface area contributed by atoms with Crippen LogP contribution in [0.3, 0.4) is 0 Å². The second kappa shape index (κ2) is 6.39. The van der Waals surface area contributed by atoms with Gasteiger partial charge in [0.25, 0.3) is 0 Å². The Balaban J connectivity index is 0.00000120. The summed E-state index contributed by atoms with van der Waals surface area (Å²) in [6.45, 7) is 0. The van der Waals surface area contributed by atoms with Crippen LogP contribution >= 0.6 is 0 Å². The molecule has 3 rings (SSSR count).